The zero-order chi connectivity index (χ0) is 19.4. The second-order valence-electron chi connectivity index (χ2n) is 6.60. The number of aromatic amines is 1. The van der Waals surface area contributed by atoms with E-state index in [1.165, 1.54) is 0 Å². The Labute approximate surface area is 163 Å². The normalized spacial score (nSPS) is 12.1. The van der Waals surface area contributed by atoms with Crippen molar-refractivity contribution >= 4 is 28.4 Å². The van der Waals surface area contributed by atoms with E-state index < -0.39 is 0 Å². The molecule has 0 fully saturated rings. The van der Waals surface area contributed by atoms with Crippen LogP contribution in [0.15, 0.2) is 53.3 Å². The number of benzene rings is 2. The Hall–Kier alpha value is -2.66. The summed E-state index contributed by atoms with van der Waals surface area (Å²) < 4.78 is 0. The van der Waals surface area contributed by atoms with Gasteiger partial charge in [0.05, 0.1) is 17.4 Å². The van der Waals surface area contributed by atoms with Gasteiger partial charge in [0.2, 0.25) is 5.91 Å². The van der Waals surface area contributed by atoms with Crippen LogP contribution in [0.25, 0.3) is 10.9 Å². The number of carbonyl (C=O) groups is 1. The van der Waals surface area contributed by atoms with E-state index in [9.17, 15) is 9.59 Å². The van der Waals surface area contributed by atoms with Crippen molar-refractivity contribution in [3.63, 3.8) is 0 Å². The van der Waals surface area contributed by atoms with E-state index in [2.05, 4.69) is 9.97 Å². The first kappa shape index (κ1) is 19.1. The van der Waals surface area contributed by atoms with E-state index in [1.54, 1.807) is 23.1 Å². The molecular weight excluding hydrogens is 362 g/mol. The predicted molar refractivity (Wildman–Crippen MR) is 108 cm³/mol. The van der Waals surface area contributed by atoms with E-state index in [0.29, 0.717) is 34.7 Å². The van der Waals surface area contributed by atoms with Crippen molar-refractivity contribution < 1.29 is 4.79 Å². The number of fused-ring (bicyclic) bond motifs is 1. The van der Waals surface area contributed by atoms with Crippen molar-refractivity contribution in [3.05, 3.63) is 75.3 Å². The Morgan fingerprint density at radius 2 is 1.96 bits per heavy atom. The highest BCUT2D eigenvalue weighted by Crippen LogP contribution is 2.20. The van der Waals surface area contributed by atoms with Gasteiger partial charge in [0.15, 0.2) is 0 Å². The summed E-state index contributed by atoms with van der Waals surface area (Å²) in [5.41, 5.74) is 1.43. The third-order valence-corrected chi connectivity index (χ3v) is 4.88. The highest BCUT2D eigenvalue weighted by Gasteiger charge is 2.18. The number of H-pyrrole nitrogens is 1. The maximum Gasteiger partial charge on any atom is 0.258 e. The van der Waals surface area contributed by atoms with Gasteiger partial charge >= 0.3 is 0 Å². The average Bonchev–Trinajstić information content (AvgIpc) is 2.66. The topological polar surface area (TPSA) is 66.1 Å². The van der Waals surface area contributed by atoms with E-state index in [0.717, 1.165) is 5.56 Å². The number of hydrogen-bond acceptors (Lipinski definition) is 3. The molecular formula is C21H22ClN3O2. The fourth-order valence-electron chi connectivity index (χ4n) is 3.08. The summed E-state index contributed by atoms with van der Waals surface area (Å²) in [6, 6.07) is 14.9. The smallest absolute Gasteiger partial charge is 0.258 e. The van der Waals surface area contributed by atoms with Gasteiger partial charge in [-0.15, -0.1) is 0 Å². The Kier molecular flexibility index (Phi) is 5.91. The summed E-state index contributed by atoms with van der Waals surface area (Å²) in [5, 5.41) is 1.00. The predicted octanol–water partition coefficient (Wildman–Crippen LogP) is 4.12. The Bertz CT molecular complexity index is 1000. The quantitative estimate of drug-likeness (QED) is 0.696. The van der Waals surface area contributed by atoms with Crippen LogP contribution < -0.4 is 5.56 Å². The minimum Gasteiger partial charge on any atom is -0.335 e. The number of carbonyl (C=O) groups excluding carboxylic acids is 1. The fraction of sp³-hybridized carbons (Fsp3) is 0.286. The van der Waals surface area contributed by atoms with Crippen LogP contribution in [0.5, 0.6) is 0 Å². The summed E-state index contributed by atoms with van der Waals surface area (Å²) >= 11 is 6.01. The van der Waals surface area contributed by atoms with Crippen LogP contribution in [0.3, 0.4) is 0 Å². The first-order valence-electron chi connectivity index (χ1n) is 8.99. The molecule has 27 heavy (non-hydrogen) atoms. The van der Waals surface area contributed by atoms with Crippen molar-refractivity contribution in [1.82, 2.24) is 14.9 Å². The van der Waals surface area contributed by atoms with E-state index >= 15 is 0 Å². The van der Waals surface area contributed by atoms with Crippen molar-refractivity contribution in [3.8, 4) is 0 Å². The van der Waals surface area contributed by atoms with Crippen molar-refractivity contribution in [2.75, 3.05) is 6.54 Å². The number of nitrogens with one attached hydrogen (secondary N) is 1. The second-order valence-corrected chi connectivity index (χ2v) is 7.03. The molecule has 1 aromatic heterocycles. The standard InChI is InChI=1S/C21H22ClN3O2/c1-3-25(20(26)11-14(2)15-7-5-4-6-8-15)13-19-23-18-12-16(22)9-10-17(18)21(27)24-19/h4-10,12,14H,3,11,13H2,1-2H3,(H,23,24,27)/t14-/m1/s1. The van der Waals surface area contributed by atoms with Gasteiger partial charge < -0.3 is 9.88 Å². The molecule has 0 saturated carbocycles. The van der Waals surface area contributed by atoms with Crippen LogP contribution in [0.1, 0.15) is 37.6 Å². The highest BCUT2D eigenvalue weighted by molar-refractivity contribution is 6.31. The lowest BCUT2D eigenvalue weighted by Crippen LogP contribution is -2.32. The first-order valence-corrected chi connectivity index (χ1v) is 9.37. The van der Waals surface area contributed by atoms with Crippen LogP contribution in [-0.2, 0) is 11.3 Å². The zero-order valence-electron chi connectivity index (χ0n) is 15.4. The molecule has 3 rings (SSSR count). The molecule has 2 aromatic carbocycles. The Balaban J connectivity index is 1.77. The Morgan fingerprint density at radius 1 is 1.22 bits per heavy atom. The first-order chi connectivity index (χ1) is 13.0. The molecule has 0 aliphatic heterocycles. The summed E-state index contributed by atoms with van der Waals surface area (Å²) in [7, 11) is 0. The SMILES string of the molecule is CCN(Cc1nc2cc(Cl)ccc2c(=O)[nH]1)C(=O)C[C@@H](C)c1ccccc1. The van der Waals surface area contributed by atoms with Crippen LogP contribution in [-0.4, -0.2) is 27.3 Å². The minimum atomic E-state index is -0.229. The van der Waals surface area contributed by atoms with E-state index in [1.807, 2.05) is 44.2 Å². The lowest BCUT2D eigenvalue weighted by atomic mass is 9.97. The van der Waals surface area contributed by atoms with Crippen LogP contribution in [0.2, 0.25) is 5.02 Å². The van der Waals surface area contributed by atoms with Crippen LogP contribution >= 0.6 is 11.6 Å². The van der Waals surface area contributed by atoms with Crippen LogP contribution in [0.4, 0.5) is 0 Å². The molecule has 0 aliphatic carbocycles. The third-order valence-electron chi connectivity index (χ3n) is 4.64. The molecule has 6 heteroatoms. The number of hydrogen-bond donors (Lipinski definition) is 1. The number of rotatable bonds is 6. The van der Waals surface area contributed by atoms with Gasteiger partial charge in [0.25, 0.3) is 5.56 Å². The molecule has 0 unspecified atom stereocenters. The van der Waals surface area contributed by atoms with Gasteiger partial charge in [-0.25, -0.2) is 4.98 Å². The second kappa shape index (κ2) is 8.35. The number of aromatic nitrogens is 2. The molecule has 0 radical (unpaired) electrons. The summed E-state index contributed by atoms with van der Waals surface area (Å²) in [6.45, 7) is 4.76. The highest BCUT2D eigenvalue weighted by atomic mass is 35.5. The largest absolute Gasteiger partial charge is 0.335 e. The monoisotopic (exact) mass is 383 g/mol. The number of nitrogens with zero attached hydrogens (tertiary/aromatic N) is 2. The van der Waals surface area contributed by atoms with Crippen molar-refractivity contribution in [2.24, 2.45) is 0 Å². The van der Waals surface area contributed by atoms with Gasteiger partial charge in [0, 0.05) is 18.0 Å². The fourth-order valence-corrected chi connectivity index (χ4v) is 3.25. The molecule has 0 bridgehead atoms. The molecule has 1 amide bonds. The summed E-state index contributed by atoms with van der Waals surface area (Å²) in [6.07, 6.45) is 0.404. The van der Waals surface area contributed by atoms with Gasteiger partial charge in [-0.3, -0.25) is 9.59 Å². The van der Waals surface area contributed by atoms with Crippen molar-refractivity contribution in [1.29, 1.82) is 0 Å². The van der Waals surface area contributed by atoms with Gasteiger partial charge in [-0.2, -0.15) is 0 Å². The van der Waals surface area contributed by atoms with Gasteiger partial charge in [-0.05, 0) is 36.6 Å². The molecule has 0 spiro atoms. The summed E-state index contributed by atoms with van der Waals surface area (Å²) in [5.74, 6) is 0.607. The van der Waals surface area contributed by atoms with Crippen LogP contribution in [0, 0.1) is 0 Å². The number of amides is 1. The molecule has 1 heterocycles. The molecule has 0 saturated heterocycles. The minimum absolute atomic E-state index is 0.0303. The zero-order valence-corrected chi connectivity index (χ0v) is 16.2. The molecule has 3 aromatic rings. The maximum atomic E-state index is 12.8. The molecule has 5 nitrogen and oxygen atoms in total. The lowest BCUT2D eigenvalue weighted by Gasteiger charge is -2.22. The molecule has 0 aliphatic rings. The number of halogens is 1. The van der Waals surface area contributed by atoms with Crippen molar-refractivity contribution in [2.45, 2.75) is 32.7 Å². The maximum absolute atomic E-state index is 12.8. The van der Waals surface area contributed by atoms with Gasteiger partial charge in [0.1, 0.15) is 5.82 Å². The third kappa shape index (κ3) is 4.55. The lowest BCUT2D eigenvalue weighted by molar-refractivity contribution is -0.132. The van der Waals surface area contributed by atoms with E-state index in [-0.39, 0.29) is 23.9 Å². The average molecular weight is 384 g/mol. The Morgan fingerprint density at radius 3 is 2.67 bits per heavy atom. The molecule has 140 valence electrons. The van der Waals surface area contributed by atoms with E-state index in [4.69, 9.17) is 11.6 Å². The molecule has 1 atom stereocenters. The molecule has 1 N–H and O–H groups in total. The van der Waals surface area contributed by atoms with Gasteiger partial charge in [-0.1, -0.05) is 48.9 Å². The summed E-state index contributed by atoms with van der Waals surface area (Å²) in [4.78, 5) is 34.0.